The number of carbonyl (C=O) groups excluding carboxylic acids is 1. The number of hydrogen-bond donors (Lipinski definition) is 2. The van der Waals surface area contributed by atoms with Crippen LogP contribution >= 0.6 is 11.8 Å². The van der Waals surface area contributed by atoms with Gasteiger partial charge in [-0.15, -0.1) is 0 Å². The maximum absolute atomic E-state index is 13.5. The molecule has 4 aliphatic rings. The number of hydrogen-bond acceptors (Lipinski definition) is 5. The van der Waals surface area contributed by atoms with Gasteiger partial charge in [0.05, 0.1) is 23.9 Å². The van der Waals surface area contributed by atoms with Gasteiger partial charge in [0, 0.05) is 49.2 Å². The average molecular weight is 565 g/mol. The predicted molar refractivity (Wildman–Crippen MR) is 163 cm³/mol. The van der Waals surface area contributed by atoms with Crippen molar-refractivity contribution in [3.8, 4) is 0 Å². The van der Waals surface area contributed by atoms with Crippen LogP contribution in [-0.4, -0.2) is 56.4 Å². The lowest BCUT2D eigenvalue weighted by molar-refractivity contribution is 0.122. The monoisotopic (exact) mass is 564 g/mol. The molecule has 2 fully saturated rings. The fourth-order valence-corrected chi connectivity index (χ4v) is 6.68. The van der Waals surface area contributed by atoms with Crippen molar-refractivity contribution in [3.63, 3.8) is 0 Å². The summed E-state index contributed by atoms with van der Waals surface area (Å²) < 4.78 is 19.0. The summed E-state index contributed by atoms with van der Waals surface area (Å²) >= 11 is 1.69. The van der Waals surface area contributed by atoms with E-state index in [0.29, 0.717) is 19.0 Å². The number of urea groups is 1. The van der Waals surface area contributed by atoms with E-state index in [-0.39, 0.29) is 17.8 Å². The number of amides is 2. The van der Waals surface area contributed by atoms with Gasteiger partial charge in [0.1, 0.15) is 5.83 Å². The molecule has 40 heavy (non-hydrogen) atoms. The first kappa shape index (κ1) is 28.6. The first-order valence-electron chi connectivity index (χ1n) is 14.6. The molecule has 1 saturated carbocycles. The Bertz CT molecular complexity index is 1160. The van der Waals surface area contributed by atoms with Crippen molar-refractivity contribution < 1.29 is 13.9 Å². The summed E-state index contributed by atoms with van der Waals surface area (Å²) in [6.07, 6.45) is 14.4. The Morgan fingerprint density at radius 2 is 1.93 bits per heavy atom. The molecule has 1 atom stereocenters. The Hall–Kier alpha value is -2.97. The molecule has 1 aromatic rings. The summed E-state index contributed by atoms with van der Waals surface area (Å²) in [5, 5.41) is 9.49. The topological polar surface area (TPSA) is 56.8 Å². The molecule has 1 aromatic carbocycles. The zero-order valence-corrected chi connectivity index (χ0v) is 24.1. The predicted octanol–water partition coefficient (Wildman–Crippen LogP) is 6.72. The number of halogens is 1. The van der Waals surface area contributed by atoms with Crippen LogP contribution in [0.2, 0.25) is 0 Å². The number of morpholine rings is 1. The summed E-state index contributed by atoms with van der Waals surface area (Å²) in [6.45, 7) is 9.04. The van der Waals surface area contributed by atoms with Crippen molar-refractivity contribution in [1.82, 2.24) is 15.5 Å². The third-order valence-corrected chi connectivity index (χ3v) is 8.93. The first-order valence-corrected chi connectivity index (χ1v) is 15.5. The zero-order valence-electron chi connectivity index (χ0n) is 23.2. The van der Waals surface area contributed by atoms with Crippen molar-refractivity contribution in [1.29, 1.82) is 0 Å². The summed E-state index contributed by atoms with van der Waals surface area (Å²) in [7, 11) is 0. The van der Waals surface area contributed by atoms with Gasteiger partial charge in [-0.3, -0.25) is 0 Å². The van der Waals surface area contributed by atoms with Gasteiger partial charge in [0.15, 0.2) is 0 Å². The van der Waals surface area contributed by atoms with Gasteiger partial charge in [-0.1, -0.05) is 55.8 Å². The highest BCUT2D eigenvalue weighted by atomic mass is 32.2. The number of anilines is 1. The quantitative estimate of drug-likeness (QED) is 0.326. The van der Waals surface area contributed by atoms with Crippen molar-refractivity contribution in [2.75, 3.05) is 44.3 Å². The van der Waals surface area contributed by atoms with E-state index in [1.165, 1.54) is 31.0 Å². The molecular formula is C32H41FN4O2S. The Morgan fingerprint density at radius 3 is 2.65 bits per heavy atom. The molecule has 2 N–H and O–H groups in total. The third kappa shape index (κ3) is 7.61. The molecule has 1 saturated heterocycles. The second kappa shape index (κ2) is 14.1. The summed E-state index contributed by atoms with van der Waals surface area (Å²) in [5.41, 5.74) is 4.49. The lowest BCUT2D eigenvalue weighted by atomic mass is 9.93. The molecule has 2 aliphatic heterocycles. The van der Waals surface area contributed by atoms with E-state index in [9.17, 15) is 9.18 Å². The minimum absolute atomic E-state index is 0.0642. The van der Waals surface area contributed by atoms with E-state index in [1.807, 2.05) is 6.08 Å². The largest absolute Gasteiger partial charge is 0.378 e. The molecule has 214 valence electrons. The number of ether oxygens (including phenoxy) is 1. The molecule has 0 spiro atoms. The molecule has 0 aromatic heterocycles. The number of nitrogens with zero attached hydrogens (tertiary/aromatic N) is 2. The van der Waals surface area contributed by atoms with Gasteiger partial charge in [-0.2, -0.15) is 0 Å². The van der Waals surface area contributed by atoms with Crippen molar-refractivity contribution >= 4 is 29.2 Å². The first-order chi connectivity index (χ1) is 19.6. The van der Waals surface area contributed by atoms with Crippen LogP contribution in [0.5, 0.6) is 0 Å². The molecule has 6 nitrogen and oxygen atoms in total. The second-order valence-corrected chi connectivity index (χ2v) is 11.7. The molecule has 2 heterocycles. The van der Waals surface area contributed by atoms with Crippen LogP contribution in [0.4, 0.5) is 14.9 Å². The maximum atomic E-state index is 13.5. The molecule has 5 rings (SSSR count). The molecule has 0 radical (unpaired) electrons. The Labute approximate surface area is 242 Å². The third-order valence-electron chi connectivity index (χ3n) is 8.01. The Balaban J connectivity index is 1.23. The number of allylic oxidation sites excluding steroid dienone is 6. The van der Waals surface area contributed by atoms with Gasteiger partial charge in [-0.05, 0) is 67.2 Å². The van der Waals surface area contributed by atoms with Crippen LogP contribution in [0, 0.1) is 5.92 Å². The number of carbonyl (C=O) groups is 1. The molecule has 2 amide bonds. The van der Waals surface area contributed by atoms with Crippen LogP contribution in [0.15, 0.2) is 77.0 Å². The summed E-state index contributed by atoms with van der Waals surface area (Å²) in [5.74, 6) is -0.0884. The van der Waals surface area contributed by atoms with Crippen molar-refractivity contribution in [3.05, 3.63) is 82.5 Å². The zero-order chi connectivity index (χ0) is 27.7. The highest BCUT2D eigenvalue weighted by Crippen LogP contribution is 2.41. The normalized spacial score (nSPS) is 22.7. The van der Waals surface area contributed by atoms with Crippen LogP contribution in [0.3, 0.4) is 0 Å². The van der Waals surface area contributed by atoms with E-state index in [4.69, 9.17) is 4.74 Å². The summed E-state index contributed by atoms with van der Waals surface area (Å²) in [6, 6.07) is 9.00. The van der Waals surface area contributed by atoms with Gasteiger partial charge in [-0.25, -0.2) is 9.18 Å². The van der Waals surface area contributed by atoms with Crippen LogP contribution in [0.25, 0.3) is 5.70 Å². The fraction of sp³-hybridized carbons (Fsp3) is 0.469. The number of thioether (sulfide) groups is 1. The summed E-state index contributed by atoms with van der Waals surface area (Å²) in [4.78, 5) is 17.1. The lowest BCUT2D eigenvalue weighted by Gasteiger charge is -2.29. The van der Waals surface area contributed by atoms with Gasteiger partial charge >= 0.3 is 6.03 Å². The van der Waals surface area contributed by atoms with E-state index in [0.717, 1.165) is 74.0 Å². The lowest BCUT2D eigenvalue weighted by Crippen LogP contribution is -2.43. The standard InChI is InChI=1S/C32H41FN4O2S/c1-24(25-8-12-27(33)13-9-25)22-31-37(17-5-16-34-32(38)35-28-6-3-2-4-7-28)30(23-40-31)26-10-14-29(15-11-26)36-18-20-39-21-19-36/h8,10-15,22-23,25,28H,1-7,9,16-21H2,(H2,34,35,38)/b31-22-. The highest BCUT2D eigenvalue weighted by molar-refractivity contribution is 8.06. The SMILES string of the molecule is C=C(/C=C1\SC=C(c2ccc(N3CCOCC3)cc2)N1CCCNC(=O)NC1CCCCC1)C1C=CC(F)=CC1. The fourth-order valence-electron chi connectivity index (χ4n) is 5.65. The van der Waals surface area contributed by atoms with Gasteiger partial charge in [0.2, 0.25) is 0 Å². The number of rotatable bonds is 9. The molecular weight excluding hydrogens is 523 g/mol. The van der Waals surface area contributed by atoms with Gasteiger partial charge in [0.25, 0.3) is 0 Å². The molecule has 2 aliphatic carbocycles. The molecule has 8 heteroatoms. The smallest absolute Gasteiger partial charge is 0.315 e. The maximum Gasteiger partial charge on any atom is 0.315 e. The van der Waals surface area contributed by atoms with Crippen LogP contribution < -0.4 is 15.5 Å². The van der Waals surface area contributed by atoms with E-state index < -0.39 is 0 Å². The van der Waals surface area contributed by atoms with E-state index >= 15 is 0 Å². The second-order valence-electron chi connectivity index (χ2n) is 10.9. The highest BCUT2D eigenvalue weighted by Gasteiger charge is 2.24. The average Bonchev–Trinajstić information content (AvgIpc) is 3.38. The number of benzene rings is 1. The van der Waals surface area contributed by atoms with E-state index in [2.05, 4.69) is 62.8 Å². The van der Waals surface area contributed by atoms with E-state index in [1.54, 1.807) is 17.8 Å². The molecule has 1 unspecified atom stereocenters. The minimum atomic E-state index is -0.182. The van der Waals surface area contributed by atoms with Crippen LogP contribution in [0.1, 0.15) is 50.5 Å². The molecule has 0 bridgehead atoms. The Kier molecular flexibility index (Phi) is 10.1. The van der Waals surface area contributed by atoms with Gasteiger partial charge < -0.3 is 25.2 Å². The number of nitrogens with one attached hydrogen (secondary N) is 2. The minimum Gasteiger partial charge on any atom is -0.378 e. The van der Waals surface area contributed by atoms with Crippen molar-refractivity contribution in [2.45, 2.75) is 51.0 Å². The van der Waals surface area contributed by atoms with Crippen LogP contribution in [-0.2, 0) is 4.74 Å². The van der Waals surface area contributed by atoms with Crippen molar-refractivity contribution in [2.24, 2.45) is 5.92 Å². The Morgan fingerprint density at radius 1 is 1.15 bits per heavy atom.